The van der Waals surface area contributed by atoms with Crippen molar-refractivity contribution in [2.75, 3.05) is 25.6 Å². The molecule has 6 unspecified atom stereocenters. The average molecular weight is 574 g/mol. The quantitative estimate of drug-likeness (QED) is 0.490. The number of amides is 3. The van der Waals surface area contributed by atoms with Gasteiger partial charge < -0.3 is 34.5 Å². The Morgan fingerprint density at radius 2 is 1.86 bits per heavy atom. The zero-order chi connectivity index (χ0) is 28.8. The summed E-state index contributed by atoms with van der Waals surface area (Å²) in [6, 6.07) is 13.6. The minimum atomic E-state index is -1.25. The molecule has 6 atom stereocenters. The molecule has 42 heavy (non-hydrogen) atoms. The largest absolute Gasteiger partial charge is 0.497 e. The van der Waals surface area contributed by atoms with Crippen LogP contribution in [0.15, 0.2) is 60.7 Å². The molecule has 1 spiro atoms. The van der Waals surface area contributed by atoms with Gasteiger partial charge in [0.25, 0.3) is 0 Å². The fourth-order valence-electron chi connectivity index (χ4n) is 7.29. The van der Waals surface area contributed by atoms with E-state index in [9.17, 15) is 14.4 Å². The second-order valence-electron chi connectivity index (χ2n) is 11.8. The molecule has 10 nitrogen and oxygen atoms in total. The topological polar surface area (TPSA) is 115 Å². The Morgan fingerprint density at radius 1 is 1.05 bits per heavy atom. The van der Waals surface area contributed by atoms with Gasteiger partial charge in [-0.05, 0) is 37.1 Å². The SMILES string of the molecule is COc1cccc(NC(=O)C2C3C=CC4(O3)C2C(=O)N(CC2COc3ccccc3O2)C4C(=O)NC2CCCCC2)c1. The summed E-state index contributed by atoms with van der Waals surface area (Å²) in [5, 5.41) is 6.16. The van der Waals surface area contributed by atoms with Crippen LogP contribution in [0.25, 0.3) is 0 Å². The van der Waals surface area contributed by atoms with Gasteiger partial charge in [-0.15, -0.1) is 0 Å². The Balaban J connectivity index is 1.18. The van der Waals surface area contributed by atoms with Crippen molar-refractivity contribution in [1.29, 1.82) is 0 Å². The molecule has 5 aliphatic rings. The van der Waals surface area contributed by atoms with Crippen LogP contribution < -0.4 is 24.8 Å². The maximum absolute atomic E-state index is 14.3. The highest BCUT2D eigenvalue weighted by Gasteiger charge is 2.73. The van der Waals surface area contributed by atoms with E-state index in [4.69, 9.17) is 18.9 Å². The molecule has 1 saturated carbocycles. The molecule has 2 bridgehead atoms. The summed E-state index contributed by atoms with van der Waals surface area (Å²) < 4.78 is 23.9. The molecule has 3 fully saturated rings. The lowest BCUT2D eigenvalue weighted by molar-refractivity contribution is -0.143. The Bertz CT molecular complexity index is 1420. The van der Waals surface area contributed by atoms with Gasteiger partial charge in [-0.3, -0.25) is 14.4 Å². The van der Waals surface area contributed by atoms with Crippen LogP contribution in [0.2, 0.25) is 0 Å². The van der Waals surface area contributed by atoms with E-state index in [1.165, 1.54) is 0 Å². The summed E-state index contributed by atoms with van der Waals surface area (Å²) in [4.78, 5) is 43.7. The number of fused-ring (bicyclic) bond motifs is 2. The molecule has 4 aliphatic heterocycles. The van der Waals surface area contributed by atoms with E-state index in [1.807, 2.05) is 36.4 Å². The predicted octanol–water partition coefficient (Wildman–Crippen LogP) is 3.07. The van der Waals surface area contributed by atoms with Crippen molar-refractivity contribution in [3.05, 3.63) is 60.7 Å². The predicted molar refractivity (Wildman–Crippen MR) is 152 cm³/mol. The van der Waals surface area contributed by atoms with E-state index >= 15 is 0 Å². The van der Waals surface area contributed by atoms with Crippen LogP contribution in [0.4, 0.5) is 5.69 Å². The third-order valence-electron chi connectivity index (χ3n) is 9.18. The molecule has 0 radical (unpaired) electrons. The fraction of sp³-hybridized carbons (Fsp3) is 0.469. The molecule has 220 valence electrons. The third-order valence-corrected chi connectivity index (χ3v) is 9.18. The lowest BCUT2D eigenvalue weighted by atomic mass is 9.74. The Kier molecular flexibility index (Phi) is 6.80. The van der Waals surface area contributed by atoms with Gasteiger partial charge in [0.05, 0.1) is 31.6 Å². The number of nitrogens with one attached hydrogen (secondary N) is 2. The smallest absolute Gasteiger partial charge is 0.246 e. The lowest BCUT2D eigenvalue weighted by Gasteiger charge is -2.36. The van der Waals surface area contributed by atoms with Crippen molar-refractivity contribution < 1.29 is 33.3 Å². The van der Waals surface area contributed by atoms with Gasteiger partial charge in [0, 0.05) is 17.8 Å². The maximum Gasteiger partial charge on any atom is 0.246 e. The number of methoxy groups -OCH3 is 1. The zero-order valence-electron chi connectivity index (χ0n) is 23.5. The van der Waals surface area contributed by atoms with E-state index in [0.717, 1.165) is 32.1 Å². The number of nitrogens with zero attached hydrogens (tertiary/aromatic N) is 1. The number of carbonyl (C=O) groups is 3. The third kappa shape index (κ3) is 4.48. The fourth-order valence-corrected chi connectivity index (χ4v) is 7.29. The zero-order valence-corrected chi connectivity index (χ0v) is 23.5. The Labute approximate surface area is 244 Å². The minimum Gasteiger partial charge on any atom is -0.497 e. The number of hydrogen-bond donors (Lipinski definition) is 2. The lowest BCUT2D eigenvalue weighted by Crippen LogP contribution is -2.58. The summed E-state index contributed by atoms with van der Waals surface area (Å²) in [6.07, 6.45) is 7.63. The highest BCUT2D eigenvalue weighted by atomic mass is 16.6. The monoisotopic (exact) mass is 573 g/mol. The molecule has 2 N–H and O–H groups in total. The summed E-state index contributed by atoms with van der Waals surface area (Å²) in [5.41, 5.74) is -0.690. The molecule has 3 amide bonds. The van der Waals surface area contributed by atoms with Crippen molar-refractivity contribution in [3.63, 3.8) is 0 Å². The normalized spacial score (nSPS) is 31.1. The van der Waals surface area contributed by atoms with Crippen molar-refractivity contribution in [1.82, 2.24) is 10.2 Å². The number of rotatable bonds is 7. The first-order chi connectivity index (χ1) is 20.5. The van der Waals surface area contributed by atoms with Crippen molar-refractivity contribution in [2.24, 2.45) is 11.8 Å². The second-order valence-corrected chi connectivity index (χ2v) is 11.8. The van der Waals surface area contributed by atoms with Gasteiger partial charge in [-0.25, -0.2) is 0 Å². The van der Waals surface area contributed by atoms with Gasteiger partial charge >= 0.3 is 0 Å². The van der Waals surface area contributed by atoms with Crippen LogP contribution in [0.3, 0.4) is 0 Å². The number of ether oxygens (including phenoxy) is 4. The van der Waals surface area contributed by atoms with Crippen LogP contribution in [-0.4, -0.2) is 72.8 Å². The number of benzene rings is 2. The standard InChI is InChI=1S/C32H35N3O7/c1-39-21-11-7-10-20(16-21)34-29(36)26-25-14-15-32(42-25)27(26)31(38)35(28(32)30(37)33-19-8-3-2-4-9-19)17-22-18-40-23-12-5-6-13-24(23)41-22/h5-7,10-16,19,22,25-28H,2-4,8-9,17-18H2,1H3,(H,33,37)(H,34,36). The molecule has 1 aliphatic carbocycles. The molecule has 4 heterocycles. The van der Waals surface area contributed by atoms with Crippen LogP contribution in [-0.2, 0) is 19.1 Å². The molecule has 0 aromatic heterocycles. The van der Waals surface area contributed by atoms with E-state index in [0.29, 0.717) is 22.9 Å². The highest BCUT2D eigenvalue weighted by Crippen LogP contribution is 2.55. The first-order valence-corrected chi connectivity index (χ1v) is 14.8. The van der Waals surface area contributed by atoms with Crippen molar-refractivity contribution in [3.8, 4) is 17.2 Å². The molecule has 2 saturated heterocycles. The number of anilines is 1. The minimum absolute atomic E-state index is 0.0505. The molecule has 2 aromatic carbocycles. The second kappa shape index (κ2) is 10.7. The Hall–Kier alpha value is -4.05. The summed E-state index contributed by atoms with van der Waals surface area (Å²) in [7, 11) is 1.56. The van der Waals surface area contributed by atoms with Gasteiger partial charge in [0.2, 0.25) is 17.7 Å². The molecule has 2 aromatic rings. The van der Waals surface area contributed by atoms with Gasteiger partial charge in [-0.1, -0.05) is 49.6 Å². The first-order valence-electron chi connectivity index (χ1n) is 14.8. The molecule has 7 rings (SSSR count). The van der Waals surface area contributed by atoms with E-state index in [-0.39, 0.29) is 36.9 Å². The number of carbonyl (C=O) groups excluding carboxylic acids is 3. The van der Waals surface area contributed by atoms with E-state index in [2.05, 4.69) is 10.6 Å². The Morgan fingerprint density at radius 3 is 2.67 bits per heavy atom. The summed E-state index contributed by atoms with van der Waals surface area (Å²) in [5.74, 6) is -0.695. The summed E-state index contributed by atoms with van der Waals surface area (Å²) >= 11 is 0. The summed E-state index contributed by atoms with van der Waals surface area (Å²) in [6.45, 7) is 0.356. The number of hydrogen-bond acceptors (Lipinski definition) is 7. The van der Waals surface area contributed by atoms with E-state index < -0.39 is 35.7 Å². The van der Waals surface area contributed by atoms with Crippen LogP contribution in [0.5, 0.6) is 17.2 Å². The van der Waals surface area contributed by atoms with Gasteiger partial charge in [-0.2, -0.15) is 0 Å². The van der Waals surface area contributed by atoms with E-state index in [1.54, 1.807) is 36.3 Å². The number of likely N-dealkylation sites (tertiary alicyclic amines) is 1. The van der Waals surface area contributed by atoms with Crippen LogP contribution >= 0.6 is 0 Å². The average Bonchev–Trinajstić information content (AvgIpc) is 3.65. The first kappa shape index (κ1) is 26.8. The molecule has 10 heteroatoms. The van der Waals surface area contributed by atoms with Gasteiger partial charge in [0.1, 0.15) is 24.0 Å². The van der Waals surface area contributed by atoms with Crippen molar-refractivity contribution in [2.45, 2.75) is 62.0 Å². The number of para-hydroxylation sites is 2. The molecular formula is C32H35N3O7. The van der Waals surface area contributed by atoms with Gasteiger partial charge in [0.15, 0.2) is 17.6 Å². The van der Waals surface area contributed by atoms with Crippen LogP contribution in [0.1, 0.15) is 32.1 Å². The highest BCUT2D eigenvalue weighted by molar-refractivity contribution is 6.02. The van der Waals surface area contributed by atoms with Crippen LogP contribution in [0, 0.1) is 11.8 Å². The maximum atomic E-state index is 14.3. The van der Waals surface area contributed by atoms with Crippen molar-refractivity contribution >= 4 is 23.4 Å². The molecular weight excluding hydrogens is 538 g/mol.